The standard InChI is InChI=1S/C30H30NOS2.C15H28O2.Ir/c1-16(2)13-22-17(3)20-7-8-23-26(28(20)32-22)25-24(34-23)9-11-31-27(25)19-14-18-10-12-33-29(18)21(15-19)30(4,5)6;1-7-14(5,8-2)12(16)11-13(17)15(6,9-3)10-4;/h7-12,15-17,22H,13H2,1-6H3;11,16H,7-10H2,1-6H3;/q-1;;/b;12-11-;. The number of rotatable bonds is 10. The van der Waals surface area contributed by atoms with Gasteiger partial charge in [-0.1, -0.05) is 100 Å². The van der Waals surface area contributed by atoms with Crippen LogP contribution in [-0.4, -0.2) is 22.0 Å². The number of fused-ring (bicyclic) bond motifs is 6. The van der Waals surface area contributed by atoms with E-state index in [1.165, 1.54) is 47.5 Å². The SMILES string of the molecule is CC(C)CC1Oc2c(ccc3sc4ccnc(-c5[c-]c6ccsc6c(C(C)(C)C)c5)c4c23)C1C.CCC(C)(CC)C(=O)/C=C(\O)C(C)(CC)CC.[Ir]. The average Bonchev–Trinajstić information content (AvgIpc) is 3.81. The number of allylic oxidation sites excluding steroid dienone is 2. The fourth-order valence-corrected chi connectivity index (χ4v) is 9.21. The van der Waals surface area contributed by atoms with Crippen LogP contribution in [0.4, 0.5) is 0 Å². The van der Waals surface area contributed by atoms with Crippen molar-refractivity contribution in [3.63, 3.8) is 0 Å². The van der Waals surface area contributed by atoms with Crippen LogP contribution in [0.5, 0.6) is 5.75 Å². The predicted octanol–water partition coefficient (Wildman–Crippen LogP) is 14.0. The van der Waals surface area contributed by atoms with Gasteiger partial charge in [-0.05, 0) is 71.0 Å². The van der Waals surface area contributed by atoms with Crippen molar-refractivity contribution in [1.29, 1.82) is 0 Å². The van der Waals surface area contributed by atoms with E-state index in [9.17, 15) is 9.90 Å². The smallest absolute Gasteiger partial charge is 0.164 e. The number of aromatic nitrogens is 1. The largest absolute Gasteiger partial charge is 0.512 e. The minimum Gasteiger partial charge on any atom is -0.512 e. The number of benzene rings is 2. The van der Waals surface area contributed by atoms with Crippen molar-refractivity contribution in [2.45, 2.75) is 133 Å². The molecule has 2 aromatic carbocycles. The zero-order chi connectivity index (χ0) is 37.5. The van der Waals surface area contributed by atoms with Crippen molar-refractivity contribution in [2.24, 2.45) is 16.7 Å². The van der Waals surface area contributed by atoms with Gasteiger partial charge in [-0.3, -0.25) is 9.78 Å². The molecule has 0 spiro atoms. The summed E-state index contributed by atoms with van der Waals surface area (Å²) in [7, 11) is 0. The number of carbonyl (C=O) groups is 1. The summed E-state index contributed by atoms with van der Waals surface area (Å²) in [5.41, 5.74) is 4.22. The van der Waals surface area contributed by atoms with Crippen molar-refractivity contribution in [2.75, 3.05) is 0 Å². The number of ether oxygens (including phenoxy) is 1. The summed E-state index contributed by atoms with van der Waals surface area (Å²) in [6, 6.07) is 14.9. The van der Waals surface area contributed by atoms with Gasteiger partial charge < -0.3 is 9.84 Å². The fourth-order valence-electron chi connectivity index (χ4n) is 7.03. The molecule has 6 rings (SSSR count). The number of aliphatic hydroxyl groups is 1. The monoisotopic (exact) mass is 917 g/mol. The summed E-state index contributed by atoms with van der Waals surface area (Å²) in [5, 5.41) is 15.9. The molecule has 4 nitrogen and oxygen atoms in total. The van der Waals surface area contributed by atoms with Gasteiger partial charge in [0.25, 0.3) is 0 Å². The molecule has 0 aliphatic carbocycles. The number of nitrogens with zero attached hydrogens (tertiary/aromatic N) is 1. The van der Waals surface area contributed by atoms with E-state index in [-0.39, 0.29) is 54.0 Å². The second-order valence-corrected chi connectivity index (χ2v) is 18.5. The van der Waals surface area contributed by atoms with Crippen LogP contribution >= 0.6 is 22.7 Å². The van der Waals surface area contributed by atoms with Crippen molar-refractivity contribution in [3.8, 4) is 17.0 Å². The molecular formula is C45H58IrNO3S2-. The fraction of sp³-hybridized carbons (Fsp3) is 0.511. The first-order chi connectivity index (χ1) is 24.0. The third-order valence-corrected chi connectivity index (χ3v) is 13.8. The Balaban J connectivity index is 0.000000289. The van der Waals surface area contributed by atoms with Crippen LogP contribution in [0, 0.1) is 22.8 Å². The van der Waals surface area contributed by atoms with E-state index < -0.39 is 0 Å². The number of ketones is 1. The van der Waals surface area contributed by atoms with Crippen molar-refractivity contribution in [1.82, 2.24) is 4.98 Å². The molecule has 283 valence electrons. The van der Waals surface area contributed by atoms with E-state index in [0.29, 0.717) is 11.8 Å². The van der Waals surface area contributed by atoms with Gasteiger partial charge in [0, 0.05) is 75.2 Å². The molecule has 2 atom stereocenters. The maximum atomic E-state index is 12.2. The number of pyridine rings is 1. The van der Waals surface area contributed by atoms with Gasteiger partial charge in [-0.2, -0.15) is 11.3 Å². The number of aliphatic hydroxyl groups excluding tert-OH is 1. The number of hydrogen-bond donors (Lipinski definition) is 1. The zero-order valence-electron chi connectivity index (χ0n) is 33.2. The average molecular weight is 917 g/mol. The molecule has 3 aromatic heterocycles. The summed E-state index contributed by atoms with van der Waals surface area (Å²) >= 11 is 3.64. The summed E-state index contributed by atoms with van der Waals surface area (Å²) in [6.07, 6.45) is 8.00. The molecule has 5 aromatic rings. The van der Waals surface area contributed by atoms with E-state index in [0.717, 1.165) is 49.1 Å². The number of thiophene rings is 2. The van der Waals surface area contributed by atoms with Crippen LogP contribution in [0.15, 0.2) is 53.7 Å². The molecular weight excluding hydrogens is 859 g/mol. The van der Waals surface area contributed by atoms with Crippen molar-refractivity contribution >= 4 is 58.7 Å². The van der Waals surface area contributed by atoms with Gasteiger partial charge >= 0.3 is 0 Å². The minimum atomic E-state index is -0.337. The quantitative estimate of drug-likeness (QED) is 0.0861. The molecule has 7 heteroatoms. The molecule has 0 amide bonds. The Bertz CT molecular complexity index is 2060. The molecule has 0 saturated carbocycles. The molecule has 0 fully saturated rings. The Morgan fingerprint density at radius 1 is 0.962 bits per heavy atom. The number of carbonyl (C=O) groups excluding carboxylic acids is 1. The third-order valence-electron chi connectivity index (χ3n) is 11.7. The first-order valence-electron chi connectivity index (χ1n) is 18.9. The molecule has 2 unspecified atom stereocenters. The molecule has 52 heavy (non-hydrogen) atoms. The Kier molecular flexibility index (Phi) is 13.3. The third kappa shape index (κ3) is 8.09. The molecule has 1 N–H and O–H groups in total. The first-order valence-corrected chi connectivity index (χ1v) is 20.6. The van der Waals surface area contributed by atoms with Crippen molar-refractivity contribution < 1.29 is 34.7 Å². The number of hydrogen-bond acceptors (Lipinski definition) is 6. The van der Waals surface area contributed by atoms with Crippen LogP contribution in [0.25, 0.3) is 41.5 Å². The molecule has 0 bridgehead atoms. The maximum Gasteiger partial charge on any atom is 0.164 e. The van der Waals surface area contributed by atoms with Gasteiger partial charge in [0.2, 0.25) is 0 Å². The van der Waals surface area contributed by atoms with Crippen LogP contribution in [0.3, 0.4) is 0 Å². The Hall–Kier alpha value is -2.57. The van der Waals surface area contributed by atoms with Gasteiger partial charge in [0.05, 0.1) is 0 Å². The Labute approximate surface area is 333 Å². The predicted molar refractivity (Wildman–Crippen MR) is 221 cm³/mol. The molecule has 4 heterocycles. The zero-order valence-corrected chi connectivity index (χ0v) is 37.3. The Morgan fingerprint density at radius 3 is 2.19 bits per heavy atom. The van der Waals surface area contributed by atoms with Gasteiger partial charge in [0.15, 0.2) is 5.78 Å². The summed E-state index contributed by atoms with van der Waals surface area (Å²) in [5.74, 6) is 2.37. The van der Waals surface area contributed by atoms with Crippen LogP contribution < -0.4 is 4.74 Å². The van der Waals surface area contributed by atoms with E-state index in [4.69, 9.17) is 9.72 Å². The Morgan fingerprint density at radius 2 is 1.60 bits per heavy atom. The second-order valence-electron chi connectivity index (χ2n) is 16.5. The van der Waals surface area contributed by atoms with Crippen LogP contribution in [0.1, 0.15) is 132 Å². The van der Waals surface area contributed by atoms with E-state index >= 15 is 0 Å². The normalized spacial score (nSPS) is 16.5. The van der Waals surface area contributed by atoms with Crippen LogP contribution in [-0.2, 0) is 30.3 Å². The molecule has 1 aliphatic rings. The molecule has 1 aliphatic heterocycles. The first kappa shape index (κ1) is 42.2. The minimum absolute atomic E-state index is 0. The van der Waals surface area contributed by atoms with Crippen molar-refractivity contribution in [3.05, 3.63) is 70.9 Å². The maximum absolute atomic E-state index is 12.2. The summed E-state index contributed by atoms with van der Waals surface area (Å²) in [6.45, 7) is 25.8. The molecule has 0 saturated heterocycles. The van der Waals surface area contributed by atoms with Gasteiger partial charge in [0.1, 0.15) is 17.6 Å². The molecule has 1 radical (unpaired) electrons. The van der Waals surface area contributed by atoms with E-state index in [1.807, 2.05) is 59.1 Å². The van der Waals surface area contributed by atoms with Gasteiger partial charge in [-0.25, -0.2) is 0 Å². The van der Waals surface area contributed by atoms with E-state index in [2.05, 4.69) is 83.3 Å². The second kappa shape index (κ2) is 16.4. The van der Waals surface area contributed by atoms with E-state index in [1.54, 1.807) is 11.3 Å². The summed E-state index contributed by atoms with van der Waals surface area (Å²) < 4.78 is 10.6. The van der Waals surface area contributed by atoms with Crippen LogP contribution in [0.2, 0.25) is 0 Å². The summed E-state index contributed by atoms with van der Waals surface area (Å²) in [4.78, 5) is 17.1. The topological polar surface area (TPSA) is 59.4 Å². The van der Waals surface area contributed by atoms with Gasteiger partial charge in [-0.15, -0.1) is 34.9 Å².